The number of nitrogens with zero attached hydrogens (tertiary/aromatic N) is 3. The predicted molar refractivity (Wildman–Crippen MR) is 88.5 cm³/mol. The third kappa shape index (κ3) is 3.50. The van der Waals surface area contributed by atoms with Gasteiger partial charge in [0.1, 0.15) is 22.8 Å². The number of carbonyl (C=O) groups is 1. The summed E-state index contributed by atoms with van der Waals surface area (Å²) in [5.41, 5.74) is -1.04. The molecule has 0 aromatic carbocycles. The fourth-order valence-electron chi connectivity index (χ4n) is 2.04. The number of nitrogens with one attached hydrogen (secondary N) is 1. The third-order valence-electron chi connectivity index (χ3n) is 3.36. The van der Waals surface area contributed by atoms with Gasteiger partial charge in [0.05, 0.1) is 6.54 Å². The number of aryl methyl sites for hydroxylation is 1. The first-order valence-corrected chi connectivity index (χ1v) is 8.14. The highest BCUT2D eigenvalue weighted by Crippen LogP contribution is 2.23. The molecule has 3 aromatic rings. The van der Waals surface area contributed by atoms with E-state index in [4.69, 9.17) is 4.42 Å². The van der Waals surface area contributed by atoms with E-state index in [1.165, 1.54) is 11.3 Å². The van der Waals surface area contributed by atoms with E-state index in [0.717, 1.165) is 0 Å². The lowest BCUT2D eigenvalue weighted by atomic mass is 10.0. The number of furan rings is 1. The normalized spacial score (nSPS) is 13.5. The molecule has 124 valence electrons. The van der Waals surface area contributed by atoms with Gasteiger partial charge in [0.15, 0.2) is 10.8 Å². The number of aliphatic hydroxyl groups is 1. The van der Waals surface area contributed by atoms with Crippen LogP contribution in [0.3, 0.4) is 0 Å². The molecule has 0 saturated heterocycles. The Morgan fingerprint density at radius 3 is 2.79 bits per heavy atom. The van der Waals surface area contributed by atoms with Crippen molar-refractivity contribution in [3.05, 3.63) is 53.2 Å². The Kier molecular flexibility index (Phi) is 4.41. The van der Waals surface area contributed by atoms with Gasteiger partial charge in [0.25, 0.3) is 5.91 Å². The second-order valence-electron chi connectivity index (χ2n) is 5.48. The van der Waals surface area contributed by atoms with Gasteiger partial charge in [-0.3, -0.25) is 4.79 Å². The molecule has 1 unspecified atom stereocenters. The van der Waals surface area contributed by atoms with Crippen LogP contribution in [0.25, 0.3) is 10.8 Å². The number of carbonyl (C=O) groups excluding carboxylic acids is 1. The minimum absolute atomic E-state index is 0.00742. The Morgan fingerprint density at radius 1 is 1.38 bits per heavy atom. The molecule has 0 saturated carbocycles. The van der Waals surface area contributed by atoms with E-state index < -0.39 is 5.60 Å². The molecule has 3 aromatic heterocycles. The molecule has 0 spiro atoms. The van der Waals surface area contributed by atoms with Crippen molar-refractivity contribution in [3.8, 4) is 10.8 Å². The number of rotatable bonds is 5. The smallest absolute Gasteiger partial charge is 0.270 e. The molecule has 0 aliphatic rings. The van der Waals surface area contributed by atoms with Gasteiger partial charge < -0.3 is 14.8 Å². The van der Waals surface area contributed by atoms with E-state index in [1.807, 2.05) is 0 Å². The maximum Gasteiger partial charge on any atom is 0.270 e. The van der Waals surface area contributed by atoms with Crippen LogP contribution in [0, 0.1) is 6.92 Å². The first-order valence-electron chi connectivity index (χ1n) is 7.26. The lowest BCUT2D eigenvalue weighted by Gasteiger charge is -2.20. The van der Waals surface area contributed by atoms with Crippen LogP contribution in [0.4, 0.5) is 0 Å². The van der Waals surface area contributed by atoms with Crippen LogP contribution in [-0.2, 0) is 5.60 Å². The first-order chi connectivity index (χ1) is 11.5. The van der Waals surface area contributed by atoms with Crippen LogP contribution in [0.2, 0.25) is 0 Å². The molecule has 8 heteroatoms. The zero-order valence-electron chi connectivity index (χ0n) is 13.2. The lowest BCUT2D eigenvalue weighted by Crippen LogP contribution is -2.38. The number of amides is 1. The minimum atomic E-state index is -1.30. The fourth-order valence-corrected chi connectivity index (χ4v) is 2.79. The van der Waals surface area contributed by atoms with Gasteiger partial charge in [-0.15, -0.1) is 11.3 Å². The Balaban J connectivity index is 1.66. The summed E-state index contributed by atoms with van der Waals surface area (Å²) in [6.45, 7) is 3.38. The molecule has 0 aliphatic carbocycles. The molecular weight excluding hydrogens is 328 g/mol. The van der Waals surface area contributed by atoms with Crippen LogP contribution < -0.4 is 5.32 Å². The second kappa shape index (κ2) is 6.50. The third-order valence-corrected chi connectivity index (χ3v) is 4.20. The van der Waals surface area contributed by atoms with Gasteiger partial charge in [-0.1, -0.05) is 0 Å². The summed E-state index contributed by atoms with van der Waals surface area (Å²) in [5.74, 6) is 1.19. The summed E-state index contributed by atoms with van der Waals surface area (Å²) in [7, 11) is 0. The minimum Gasteiger partial charge on any atom is -0.463 e. The Morgan fingerprint density at radius 2 is 2.12 bits per heavy atom. The summed E-state index contributed by atoms with van der Waals surface area (Å²) in [4.78, 5) is 24.7. The van der Waals surface area contributed by atoms with Gasteiger partial charge in [-0.25, -0.2) is 15.0 Å². The van der Waals surface area contributed by atoms with E-state index in [0.29, 0.717) is 22.4 Å². The molecule has 1 amide bonds. The molecule has 7 nitrogen and oxygen atoms in total. The van der Waals surface area contributed by atoms with Crippen molar-refractivity contribution in [3.63, 3.8) is 0 Å². The number of hydrogen-bond donors (Lipinski definition) is 2. The van der Waals surface area contributed by atoms with E-state index in [1.54, 1.807) is 49.8 Å². The molecule has 3 rings (SSSR count). The van der Waals surface area contributed by atoms with Crippen molar-refractivity contribution in [2.75, 3.05) is 6.54 Å². The standard InChI is InChI=1S/C16H16N4O3S/c1-10-4-5-12(23-10)16(2,22)9-19-14(21)11-8-24-15(20-11)13-17-6-3-7-18-13/h3-8,22H,9H2,1-2H3,(H,19,21). The van der Waals surface area contributed by atoms with E-state index in [2.05, 4.69) is 20.3 Å². The summed E-state index contributed by atoms with van der Waals surface area (Å²) < 4.78 is 5.42. The van der Waals surface area contributed by atoms with Crippen molar-refractivity contribution in [1.29, 1.82) is 0 Å². The molecule has 0 bridgehead atoms. The summed E-state index contributed by atoms with van der Waals surface area (Å²) in [6, 6.07) is 5.16. The van der Waals surface area contributed by atoms with Crippen molar-refractivity contribution < 1.29 is 14.3 Å². The second-order valence-corrected chi connectivity index (χ2v) is 6.34. The molecule has 0 fully saturated rings. The number of thiazole rings is 1. The number of aromatic nitrogens is 3. The predicted octanol–water partition coefficient (Wildman–Crippen LogP) is 2.14. The van der Waals surface area contributed by atoms with Crippen LogP contribution in [0.15, 0.2) is 40.4 Å². The summed E-state index contributed by atoms with van der Waals surface area (Å²) in [5, 5.41) is 15.3. The van der Waals surface area contributed by atoms with E-state index >= 15 is 0 Å². The average Bonchev–Trinajstić information content (AvgIpc) is 3.23. The van der Waals surface area contributed by atoms with Crippen molar-refractivity contribution >= 4 is 17.2 Å². The fraction of sp³-hybridized carbons (Fsp3) is 0.250. The van der Waals surface area contributed by atoms with E-state index in [-0.39, 0.29) is 18.1 Å². The number of hydrogen-bond acceptors (Lipinski definition) is 7. The monoisotopic (exact) mass is 344 g/mol. The van der Waals surface area contributed by atoms with Gasteiger partial charge in [-0.2, -0.15) is 0 Å². The molecule has 1 atom stereocenters. The van der Waals surface area contributed by atoms with Gasteiger partial charge in [-0.05, 0) is 32.0 Å². The van der Waals surface area contributed by atoms with Crippen molar-refractivity contribution in [1.82, 2.24) is 20.3 Å². The highest BCUT2D eigenvalue weighted by molar-refractivity contribution is 7.13. The first kappa shape index (κ1) is 16.3. The summed E-state index contributed by atoms with van der Waals surface area (Å²) in [6.07, 6.45) is 3.23. The van der Waals surface area contributed by atoms with E-state index in [9.17, 15) is 9.90 Å². The quantitative estimate of drug-likeness (QED) is 0.735. The van der Waals surface area contributed by atoms with Gasteiger partial charge in [0, 0.05) is 17.8 Å². The van der Waals surface area contributed by atoms with Gasteiger partial charge in [0.2, 0.25) is 0 Å². The van der Waals surface area contributed by atoms with Crippen LogP contribution >= 0.6 is 11.3 Å². The molecule has 3 heterocycles. The molecular formula is C16H16N4O3S. The Bertz CT molecular complexity index is 842. The SMILES string of the molecule is Cc1ccc(C(C)(O)CNC(=O)c2csc(-c3ncccn3)n2)o1. The average molecular weight is 344 g/mol. The summed E-state index contributed by atoms with van der Waals surface area (Å²) >= 11 is 1.29. The molecule has 0 aliphatic heterocycles. The zero-order valence-corrected chi connectivity index (χ0v) is 14.0. The zero-order chi connectivity index (χ0) is 17.2. The highest BCUT2D eigenvalue weighted by atomic mass is 32.1. The Hall–Kier alpha value is -2.58. The van der Waals surface area contributed by atoms with Gasteiger partial charge >= 0.3 is 0 Å². The maximum atomic E-state index is 12.2. The van der Waals surface area contributed by atoms with Crippen LogP contribution in [0.1, 0.15) is 28.9 Å². The van der Waals surface area contributed by atoms with Crippen LogP contribution in [0.5, 0.6) is 0 Å². The highest BCUT2D eigenvalue weighted by Gasteiger charge is 2.28. The van der Waals surface area contributed by atoms with Crippen molar-refractivity contribution in [2.45, 2.75) is 19.4 Å². The molecule has 0 radical (unpaired) electrons. The topological polar surface area (TPSA) is 101 Å². The van der Waals surface area contributed by atoms with Crippen LogP contribution in [-0.4, -0.2) is 32.5 Å². The molecule has 24 heavy (non-hydrogen) atoms. The van der Waals surface area contributed by atoms with Crippen molar-refractivity contribution in [2.24, 2.45) is 0 Å². The Labute approximate surface area is 142 Å². The largest absolute Gasteiger partial charge is 0.463 e. The molecule has 2 N–H and O–H groups in total. The maximum absolute atomic E-state index is 12.2. The lowest BCUT2D eigenvalue weighted by molar-refractivity contribution is 0.0323.